The number of nitrogens with one attached hydrogen (secondary N) is 1. The summed E-state index contributed by atoms with van der Waals surface area (Å²) in [6, 6.07) is 35.3. The zero-order valence-electron chi connectivity index (χ0n) is 19.1. The molecule has 1 N–H and O–H groups in total. The van der Waals surface area contributed by atoms with Crippen LogP contribution in [0.15, 0.2) is 121 Å². The van der Waals surface area contributed by atoms with Gasteiger partial charge in [0.05, 0.1) is 6.04 Å². The first kappa shape index (κ1) is 23.0. The second-order valence-corrected chi connectivity index (χ2v) is 8.19. The number of rotatable bonds is 7. The molecule has 0 fully saturated rings. The number of nitrogens with zero attached hydrogens (tertiary/aromatic N) is 1. The first-order valence-corrected chi connectivity index (χ1v) is 11.3. The number of carbonyl (C=O) groups is 1. The van der Waals surface area contributed by atoms with E-state index in [1.165, 1.54) is 12.1 Å². The minimum atomic E-state index is -0.396. The van der Waals surface area contributed by atoms with Crippen molar-refractivity contribution in [1.29, 1.82) is 0 Å². The molecular weight excluding hydrogens is 423 g/mol. The number of benzene rings is 4. The van der Waals surface area contributed by atoms with Gasteiger partial charge in [-0.05, 0) is 41.8 Å². The number of anilines is 1. The number of urea groups is 1. The normalized spacial score (nSPS) is 11.3. The van der Waals surface area contributed by atoms with Crippen molar-refractivity contribution in [3.63, 3.8) is 0 Å². The van der Waals surface area contributed by atoms with Crippen molar-refractivity contribution in [2.24, 2.45) is 0 Å². The average molecular weight is 451 g/mol. The van der Waals surface area contributed by atoms with E-state index in [0.29, 0.717) is 12.2 Å². The van der Waals surface area contributed by atoms with Gasteiger partial charge in [0.1, 0.15) is 5.82 Å². The molecule has 0 bridgehead atoms. The maximum atomic E-state index is 13.8. The van der Waals surface area contributed by atoms with E-state index in [9.17, 15) is 9.18 Å². The Morgan fingerprint density at radius 1 is 0.824 bits per heavy atom. The van der Waals surface area contributed by atoms with Gasteiger partial charge in [0, 0.05) is 12.2 Å². The van der Waals surface area contributed by atoms with E-state index in [0.717, 1.165) is 22.3 Å². The van der Waals surface area contributed by atoms with Gasteiger partial charge in [0.2, 0.25) is 0 Å². The lowest BCUT2D eigenvalue weighted by Crippen LogP contribution is -2.39. The Morgan fingerprint density at radius 2 is 1.38 bits per heavy atom. The van der Waals surface area contributed by atoms with Gasteiger partial charge in [-0.15, -0.1) is 0 Å². The summed E-state index contributed by atoms with van der Waals surface area (Å²) in [6.45, 7) is 2.41. The van der Waals surface area contributed by atoms with Crippen molar-refractivity contribution in [1.82, 2.24) is 4.90 Å². The zero-order chi connectivity index (χ0) is 23.8. The zero-order valence-corrected chi connectivity index (χ0v) is 19.1. The van der Waals surface area contributed by atoms with Crippen LogP contribution in [0.1, 0.15) is 29.7 Å². The molecule has 170 valence electrons. The lowest BCUT2D eigenvalue weighted by molar-refractivity contribution is 0.203. The van der Waals surface area contributed by atoms with Crippen molar-refractivity contribution >= 4 is 17.8 Å². The maximum absolute atomic E-state index is 13.8. The monoisotopic (exact) mass is 450 g/mol. The first-order valence-electron chi connectivity index (χ1n) is 11.3. The lowest BCUT2D eigenvalue weighted by atomic mass is 9.96. The van der Waals surface area contributed by atoms with Crippen LogP contribution in [0.2, 0.25) is 0 Å². The van der Waals surface area contributed by atoms with Gasteiger partial charge in [-0.25, -0.2) is 9.18 Å². The Balaban J connectivity index is 1.74. The van der Waals surface area contributed by atoms with E-state index in [2.05, 4.69) is 11.4 Å². The van der Waals surface area contributed by atoms with Crippen LogP contribution < -0.4 is 5.32 Å². The van der Waals surface area contributed by atoms with E-state index in [-0.39, 0.29) is 12.1 Å². The number of amides is 2. The molecule has 0 aliphatic heterocycles. The van der Waals surface area contributed by atoms with E-state index in [1.807, 2.05) is 97.9 Å². The largest absolute Gasteiger partial charge is 0.322 e. The van der Waals surface area contributed by atoms with Gasteiger partial charge in [-0.2, -0.15) is 0 Å². The van der Waals surface area contributed by atoms with Crippen molar-refractivity contribution in [3.05, 3.63) is 143 Å². The molecule has 0 aliphatic carbocycles. The van der Waals surface area contributed by atoms with Gasteiger partial charge in [-0.3, -0.25) is 0 Å². The third-order valence-electron chi connectivity index (χ3n) is 5.51. The summed E-state index contributed by atoms with van der Waals surface area (Å²) in [5.41, 5.74) is 4.50. The van der Waals surface area contributed by atoms with Crippen molar-refractivity contribution in [2.45, 2.75) is 13.0 Å². The Morgan fingerprint density at radius 3 is 1.94 bits per heavy atom. The molecular formula is C30H27FN2O. The molecule has 4 heteroatoms. The fourth-order valence-electron chi connectivity index (χ4n) is 4.01. The van der Waals surface area contributed by atoms with Crippen LogP contribution >= 0.6 is 0 Å². The van der Waals surface area contributed by atoms with Crippen LogP contribution in [0, 0.1) is 5.82 Å². The molecule has 4 aromatic rings. The second-order valence-electron chi connectivity index (χ2n) is 8.19. The van der Waals surface area contributed by atoms with Crippen molar-refractivity contribution in [2.75, 3.05) is 11.9 Å². The van der Waals surface area contributed by atoms with Crippen molar-refractivity contribution < 1.29 is 9.18 Å². The number of hydrogen-bond acceptors (Lipinski definition) is 1. The summed E-state index contributed by atoms with van der Waals surface area (Å²) < 4.78 is 13.8. The maximum Gasteiger partial charge on any atom is 0.322 e. The Labute approximate surface area is 200 Å². The van der Waals surface area contributed by atoms with Gasteiger partial charge in [0.15, 0.2) is 0 Å². The average Bonchev–Trinajstić information content (AvgIpc) is 2.85. The van der Waals surface area contributed by atoms with E-state index in [1.54, 1.807) is 17.0 Å². The molecule has 0 radical (unpaired) electrons. The summed E-state index contributed by atoms with van der Waals surface area (Å²) in [5.74, 6) is -0.396. The molecule has 0 saturated carbocycles. The number of halogens is 1. The van der Waals surface area contributed by atoms with Crippen LogP contribution in [0.5, 0.6) is 0 Å². The molecule has 0 spiro atoms. The van der Waals surface area contributed by atoms with Crippen LogP contribution in [0.3, 0.4) is 0 Å². The minimum Gasteiger partial charge on any atom is -0.309 e. The highest BCUT2D eigenvalue weighted by molar-refractivity contribution is 5.90. The molecule has 0 unspecified atom stereocenters. The third-order valence-corrected chi connectivity index (χ3v) is 5.51. The Hall–Kier alpha value is -4.18. The van der Waals surface area contributed by atoms with E-state index in [4.69, 9.17) is 0 Å². The first-order chi connectivity index (χ1) is 16.6. The lowest BCUT2D eigenvalue weighted by Gasteiger charge is -2.33. The molecule has 0 aliphatic rings. The Kier molecular flexibility index (Phi) is 7.51. The predicted octanol–water partition coefficient (Wildman–Crippen LogP) is 7.55. The van der Waals surface area contributed by atoms with Gasteiger partial charge in [-0.1, -0.05) is 109 Å². The standard InChI is InChI=1S/C30H27FN2O/c1-23(20-24-12-5-2-6-13-24)22-33(30(34)32-28-19-11-18-27(31)21-28)29(25-14-7-3-8-15-25)26-16-9-4-10-17-26/h2-21,29H,22H2,1H3,(H,32,34)/b23-20+. The van der Waals surface area contributed by atoms with Gasteiger partial charge in [0.25, 0.3) is 0 Å². The van der Waals surface area contributed by atoms with E-state index < -0.39 is 5.82 Å². The van der Waals surface area contributed by atoms with Gasteiger partial charge < -0.3 is 10.2 Å². The Bertz CT molecular complexity index is 1200. The molecule has 4 rings (SSSR count). The molecule has 34 heavy (non-hydrogen) atoms. The molecule has 0 atom stereocenters. The quantitative estimate of drug-likeness (QED) is 0.310. The topological polar surface area (TPSA) is 32.3 Å². The van der Waals surface area contributed by atoms with Crippen molar-refractivity contribution in [3.8, 4) is 0 Å². The van der Waals surface area contributed by atoms with E-state index >= 15 is 0 Å². The van der Waals surface area contributed by atoms with Crippen LogP contribution in [-0.2, 0) is 0 Å². The van der Waals surface area contributed by atoms with Crippen LogP contribution in [0.25, 0.3) is 6.08 Å². The summed E-state index contributed by atoms with van der Waals surface area (Å²) >= 11 is 0. The molecule has 0 aromatic heterocycles. The van der Waals surface area contributed by atoms with Crippen LogP contribution in [-0.4, -0.2) is 17.5 Å². The molecule has 0 heterocycles. The highest BCUT2D eigenvalue weighted by Crippen LogP contribution is 2.30. The summed E-state index contributed by atoms with van der Waals surface area (Å²) in [4.78, 5) is 15.5. The minimum absolute atomic E-state index is 0.302. The molecule has 2 amide bonds. The fraction of sp³-hybridized carbons (Fsp3) is 0.100. The number of carbonyl (C=O) groups excluding carboxylic acids is 1. The molecule has 4 aromatic carbocycles. The smallest absolute Gasteiger partial charge is 0.309 e. The summed E-state index contributed by atoms with van der Waals surface area (Å²) in [6.07, 6.45) is 2.08. The summed E-state index contributed by atoms with van der Waals surface area (Å²) in [5, 5.41) is 2.89. The summed E-state index contributed by atoms with van der Waals surface area (Å²) in [7, 11) is 0. The SMILES string of the molecule is C/C(=C\c1ccccc1)CN(C(=O)Nc1cccc(F)c1)C(c1ccccc1)c1ccccc1. The predicted molar refractivity (Wildman–Crippen MR) is 137 cm³/mol. The third kappa shape index (κ3) is 5.99. The highest BCUT2D eigenvalue weighted by atomic mass is 19.1. The van der Waals surface area contributed by atoms with Gasteiger partial charge >= 0.3 is 6.03 Å². The number of hydrogen-bond donors (Lipinski definition) is 1. The molecule has 3 nitrogen and oxygen atoms in total. The fourth-order valence-corrected chi connectivity index (χ4v) is 4.01. The highest BCUT2D eigenvalue weighted by Gasteiger charge is 2.27. The molecule has 0 saturated heterocycles. The second kappa shape index (κ2) is 11.1. The van der Waals surface area contributed by atoms with Crippen LogP contribution in [0.4, 0.5) is 14.9 Å².